The maximum Gasteiger partial charge on any atom is 0.472 e. The van der Waals surface area contributed by atoms with Crippen molar-refractivity contribution in [2.45, 2.75) is 264 Å². The van der Waals surface area contributed by atoms with E-state index in [1.165, 1.54) is 173 Å². The quantitative estimate of drug-likeness (QED) is 0.0265. The number of ether oxygens (including phenoxy) is 2. The lowest BCUT2D eigenvalue weighted by molar-refractivity contribution is -0.161. The van der Waals surface area contributed by atoms with E-state index in [2.05, 4.69) is 62.5 Å². The summed E-state index contributed by atoms with van der Waals surface area (Å²) < 4.78 is 33.0. The molecule has 0 fully saturated rings. The molecule has 0 aliphatic heterocycles. The van der Waals surface area contributed by atoms with E-state index in [0.29, 0.717) is 6.42 Å². The first-order chi connectivity index (χ1) is 31.8. The number of hydrogen-bond acceptors (Lipinski definition) is 8. The van der Waals surface area contributed by atoms with Crippen molar-refractivity contribution in [3.63, 3.8) is 0 Å². The summed E-state index contributed by atoms with van der Waals surface area (Å²) in [6.07, 6.45) is 61.5. The van der Waals surface area contributed by atoms with Gasteiger partial charge in [-0.2, -0.15) is 0 Å². The zero-order valence-electron chi connectivity index (χ0n) is 42.2. The van der Waals surface area contributed by atoms with Crippen molar-refractivity contribution in [1.29, 1.82) is 0 Å². The molecule has 2 atom stereocenters. The second-order valence-electron chi connectivity index (χ2n) is 18.1. The fraction of sp³-hybridized carbons (Fsp3) is 0.818. The van der Waals surface area contributed by atoms with Gasteiger partial charge < -0.3 is 20.1 Å². The molecule has 0 saturated heterocycles. The molecule has 0 aliphatic rings. The Labute approximate surface area is 400 Å². The predicted molar refractivity (Wildman–Crippen MR) is 275 cm³/mol. The molecule has 10 heteroatoms. The van der Waals surface area contributed by atoms with Crippen LogP contribution < -0.4 is 5.73 Å². The molecule has 0 amide bonds. The molecule has 0 aliphatic carbocycles. The molecule has 2 unspecified atom stereocenters. The molecule has 0 aromatic heterocycles. The van der Waals surface area contributed by atoms with E-state index in [-0.39, 0.29) is 38.6 Å². The zero-order chi connectivity index (χ0) is 47.4. The molecule has 65 heavy (non-hydrogen) atoms. The highest BCUT2D eigenvalue weighted by atomic mass is 31.2. The SMILES string of the molecule is CCCCC/C=C\C/C=C\CCCCCCCCCCCC(=O)OCC(COP(=O)(O)OCCN)OC(=O)CCCCCCCCCCCCCCC/C=C\C/C=C\CCCCCCC. The lowest BCUT2D eigenvalue weighted by Gasteiger charge is -2.19. The van der Waals surface area contributed by atoms with Crippen molar-refractivity contribution >= 4 is 19.8 Å². The number of allylic oxidation sites excluding steroid dienone is 8. The van der Waals surface area contributed by atoms with Gasteiger partial charge in [0.25, 0.3) is 0 Å². The van der Waals surface area contributed by atoms with Crippen molar-refractivity contribution in [3.05, 3.63) is 48.6 Å². The van der Waals surface area contributed by atoms with Gasteiger partial charge in [0.1, 0.15) is 6.61 Å². The molecular formula is C55H102NO8P. The van der Waals surface area contributed by atoms with E-state index in [0.717, 1.165) is 51.4 Å². The number of carbonyl (C=O) groups is 2. The summed E-state index contributed by atoms with van der Waals surface area (Å²) in [4.78, 5) is 35.1. The van der Waals surface area contributed by atoms with Gasteiger partial charge in [-0.15, -0.1) is 0 Å². The summed E-state index contributed by atoms with van der Waals surface area (Å²) in [5.74, 6) is -0.826. The van der Waals surface area contributed by atoms with Crippen LogP contribution in [0, 0.1) is 0 Å². The lowest BCUT2D eigenvalue weighted by Crippen LogP contribution is -2.29. The number of nitrogens with two attached hydrogens (primary N) is 1. The molecular weight excluding hydrogens is 834 g/mol. The molecule has 0 bridgehead atoms. The maximum atomic E-state index is 12.7. The Bertz CT molecular complexity index is 1200. The van der Waals surface area contributed by atoms with Gasteiger partial charge in [0.05, 0.1) is 13.2 Å². The van der Waals surface area contributed by atoms with E-state index in [1.54, 1.807) is 0 Å². The van der Waals surface area contributed by atoms with Gasteiger partial charge in [0, 0.05) is 19.4 Å². The van der Waals surface area contributed by atoms with Crippen LogP contribution in [0.2, 0.25) is 0 Å². The number of phosphoric acid groups is 1. The normalized spacial score (nSPS) is 13.5. The number of hydrogen-bond donors (Lipinski definition) is 2. The Morgan fingerprint density at radius 2 is 0.800 bits per heavy atom. The van der Waals surface area contributed by atoms with Gasteiger partial charge in [-0.1, -0.05) is 217 Å². The van der Waals surface area contributed by atoms with Gasteiger partial charge in [0.2, 0.25) is 0 Å². The molecule has 0 aromatic carbocycles. The molecule has 0 spiro atoms. The van der Waals surface area contributed by atoms with Gasteiger partial charge in [-0.25, -0.2) is 4.57 Å². The minimum atomic E-state index is -4.39. The number of esters is 2. The molecule has 0 aromatic rings. The average Bonchev–Trinajstić information content (AvgIpc) is 3.30. The number of carbonyl (C=O) groups excluding carboxylic acids is 2. The molecule has 0 heterocycles. The summed E-state index contributed by atoms with van der Waals surface area (Å²) in [6, 6.07) is 0. The average molecular weight is 936 g/mol. The third kappa shape index (κ3) is 51.2. The molecule has 9 nitrogen and oxygen atoms in total. The number of rotatable bonds is 51. The molecule has 0 rings (SSSR count). The van der Waals surface area contributed by atoms with Crippen molar-refractivity contribution < 1.29 is 37.6 Å². The third-order valence-corrected chi connectivity index (χ3v) is 12.7. The first-order valence-electron chi connectivity index (χ1n) is 27.1. The lowest BCUT2D eigenvalue weighted by atomic mass is 10.0. The Kier molecular flexibility index (Phi) is 49.8. The van der Waals surface area contributed by atoms with Crippen LogP contribution in [0.1, 0.15) is 258 Å². The van der Waals surface area contributed by atoms with E-state index in [4.69, 9.17) is 24.3 Å². The standard InChI is InChI=1S/C55H102NO8P/c1-3-5-7-9-11-13-15-17-19-21-23-24-25-26-27-28-30-32-34-36-38-40-42-44-46-48-55(58)64-53(52-63-65(59,60)62-50-49-56)51-61-54(57)47-45-43-41-39-37-35-33-31-29-22-20-18-16-14-12-10-8-6-4-2/h12,14-15,17-18,20-21,23,53H,3-11,13,16,19,22,24-52,56H2,1-2H3,(H,59,60)/b14-12-,17-15-,20-18-,23-21-. The van der Waals surface area contributed by atoms with Gasteiger partial charge in [-0.3, -0.25) is 18.6 Å². The van der Waals surface area contributed by atoms with E-state index in [9.17, 15) is 19.0 Å². The summed E-state index contributed by atoms with van der Waals surface area (Å²) >= 11 is 0. The van der Waals surface area contributed by atoms with Gasteiger partial charge >= 0.3 is 19.8 Å². The molecule has 0 saturated carbocycles. The first kappa shape index (κ1) is 63.0. The van der Waals surface area contributed by atoms with Crippen LogP contribution in [-0.4, -0.2) is 49.3 Å². The third-order valence-electron chi connectivity index (χ3n) is 11.7. The fourth-order valence-corrected chi connectivity index (χ4v) is 8.40. The minimum Gasteiger partial charge on any atom is -0.462 e. The van der Waals surface area contributed by atoms with Crippen LogP contribution in [0.25, 0.3) is 0 Å². The Hall–Kier alpha value is -2.03. The van der Waals surface area contributed by atoms with Crippen molar-refractivity contribution in [2.24, 2.45) is 5.73 Å². The van der Waals surface area contributed by atoms with E-state index in [1.807, 2.05) is 0 Å². The van der Waals surface area contributed by atoms with Gasteiger partial charge in [0.15, 0.2) is 6.10 Å². The van der Waals surface area contributed by atoms with Crippen LogP contribution >= 0.6 is 7.82 Å². The van der Waals surface area contributed by atoms with Crippen LogP contribution in [0.5, 0.6) is 0 Å². The number of phosphoric ester groups is 1. The van der Waals surface area contributed by atoms with E-state index < -0.39 is 26.5 Å². The smallest absolute Gasteiger partial charge is 0.462 e. The summed E-state index contributed by atoms with van der Waals surface area (Å²) in [5, 5.41) is 0. The largest absolute Gasteiger partial charge is 0.472 e. The maximum absolute atomic E-state index is 12.7. The minimum absolute atomic E-state index is 0.0523. The van der Waals surface area contributed by atoms with Crippen molar-refractivity contribution in [3.8, 4) is 0 Å². The van der Waals surface area contributed by atoms with Gasteiger partial charge in [-0.05, 0) is 77.0 Å². The highest BCUT2D eigenvalue weighted by Crippen LogP contribution is 2.43. The van der Waals surface area contributed by atoms with Crippen LogP contribution in [0.4, 0.5) is 0 Å². The predicted octanol–water partition coefficient (Wildman–Crippen LogP) is 16.6. The summed E-state index contributed by atoms with van der Waals surface area (Å²) in [7, 11) is -4.39. The fourth-order valence-electron chi connectivity index (χ4n) is 7.64. The van der Waals surface area contributed by atoms with Crippen molar-refractivity contribution in [2.75, 3.05) is 26.4 Å². The second kappa shape index (κ2) is 51.4. The Morgan fingerprint density at radius 3 is 1.20 bits per heavy atom. The molecule has 0 radical (unpaired) electrons. The first-order valence-corrected chi connectivity index (χ1v) is 28.6. The second-order valence-corrected chi connectivity index (χ2v) is 19.5. The highest BCUT2D eigenvalue weighted by Gasteiger charge is 2.26. The molecule has 380 valence electrons. The Morgan fingerprint density at radius 1 is 0.462 bits per heavy atom. The summed E-state index contributed by atoms with van der Waals surface area (Å²) in [5.41, 5.74) is 5.37. The van der Waals surface area contributed by atoms with E-state index >= 15 is 0 Å². The topological polar surface area (TPSA) is 134 Å². The Balaban J connectivity index is 4.00. The zero-order valence-corrected chi connectivity index (χ0v) is 43.1. The summed E-state index contributed by atoms with van der Waals surface area (Å²) in [6.45, 7) is 3.73. The highest BCUT2D eigenvalue weighted by molar-refractivity contribution is 7.47. The van der Waals surface area contributed by atoms with Crippen LogP contribution in [0.15, 0.2) is 48.6 Å². The van der Waals surface area contributed by atoms with Crippen LogP contribution in [-0.2, 0) is 32.7 Å². The molecule has 3 N–H and O–H groups in total. The van der Waals surface area contributed by atoms with Crippen molar-refractivity contribution in [1.82, 2.24) is 0 Å². The van der Waals surface area contributed by atoms with Crippen LogP contribution in [0.3, 0.4) is 0 Å². The monoisotopic (exact) mass is 936 g/mol. The number of unbranched alkanes of at least 4 members (excludes halogenated alkanes) is 30.